The van der Waals surface area contributed by atoms with Gasteiger partial charge in [-0.15, -0.1) is 0 Å². The molecule has 0 unspecified atom stereocenters. The van der Waals surface area contributed by atoms with E-state index in [0.29, 0.717) is 39.0 Å². The van der Waals surface area contributed by atoms with Crippen LogP contribution in [0.1, 0.15) is 21.5 Å². The molecule has 1 amide bonds. The molecule has 0 saturated heterocycles. The summed E-state index contributed by atoms with van der Waals surface area (Å²) in [4.78, 5) is 30.7. The van der Waals surface area contributed by atoms with Gasteiger partial charge in [0.15, 0.2) is 6.61 Å². The molecule has 0 atom stereocenters. The van der Waals surface area contributed by atoms with E-state index in [-0.39, 0.29) is 4.90 Å². The zero-order chi connectivity index (χ0) is 26.7. The lowest BCUT2D eigenvalue weighted by Gasteiger charge is -2.15. The highest BCUT2D eigenvalue weighted by Crippen LogP contribution is 2.30. The van der Waals surface area contributed by atoms with Crippen molar-refractivity contribution in [3.63, 3.8) is 0 Å². The molecule has 0 bridgehead atoms. The van der Waals surface area contributed by atoms with E-state index in [9.17, 15) is 18.0 Å². The fourth-order valence-corrected chi connectivity index (χ4v) is 4.87. The number of para-hydroxylation sites is 1. The standard InChI is InChI=1S/C28H27N3O5S/c1-18-14-15-21(37(34,35)31(3)4)16-24(18)29-25(32)17-36-28(33)26-19(2)27(20-10-6-5-7-11-20)30-23-13-9-8-12-22(23)26/h5-16H,17H2,1-4H3,(H,29,32). The van der Waals surface area contributed by atoms with Crippen molar-refractivity contribution >= 4 is 38.5 Å². The molecular weight excluding hydrogens is 490 g/mol. The van der Waals surface area contributed by atoms with Crippen LogP contribution in [0.4, 0.5) is 5.69 Å². The summed E-state index contributed by atoms with van der Waals surface area (Å²) in [6.45, 7) is 3.00. The first-order valence-electron chi connectivity index (χ1n) is 11.5. The van der Waals surface area contributed by atoms with Gasteiger partial charge in [-0.2, -0.15) is 0 Å². The molecule has 0 spiro atoms. The number of hydrogen-bond donors (Lipinski definition) is 1. The van der Waals surface area contributed by atoms with Gasteiger partial charge in [-0.1, -0.05) is 54.6 Å². The molecule has 3 aromatic carbocycles. The fraction of sp³-hybridized carbons (Fsp3) is 0.179. The lowest BCUT2D eigenvalue weighted by atomic mass is 9.98. The smallest absolute Gasteiger partial charge is 0.339 e. The largest absolute Gasteiger partial charge is 0.452 e. The number of rotatable bonds is 7. The second-order valence-corrected chi connectivity index (χ2v) is 10.9. The zero-order valence-corrected chi connectivity index (χ0v) is 21.8. The van der Waals surface area contributed by atoms with Gasteiger partial charge in [0.1, 0.15) is 0 Å². The first-order valence-corrected chi connectivity index (χ1v) is 13.0. The summed E-state index contributed by atoms with van der Waals surface area (Å²) in [5.74, 6) is -1.24. The summed E-state index contributed by atoms with van der Waals surface area (Å²) < 4.78 is 31.4. The Morgan fingerprint density at radius 3 is 2.32 bits per heavy atom. The van der Waals surface area contributed by atoms with Gasteiger partial charge in [0, 0.05) is 30.7 Å². The van der Waals surface area contributed by atoms with Gasteiger partial charge < -0.3 is 10.1 Å². The summed E-state index contributed by atoms with van der Waals surface area (Å²) >= 11 is 0. The average Bonchev–Trinajstić information content (AvgIpc) is 2.88. The zero-order valence-electron chi connectivity index (χ0n) is 21.0. The van der Waals surface area contributed by atoms with E-state index in [4.69, 9.17) is 9.72 Å². The first kappa shape index (κ1) is 26.0. The van der Waals surface area contributed by atoms with Crippen molar-refractivity contribution < 1.29 is 22.7 Å². The van der Waals surface area contributed by atoms with Gasteiger partial charge in [-0.05, 0) is 43.2 Å². The van der Waals surface area contributed by atoms with Crippen molar-refractivity contribution in [3.05, 3.63) is 89.5 Å². The number of benzene rings is 3. The third kappa shape index (κ3) is 5.37. The Kier molecular flexibility index (Phi) is 7.37. The van der Waals surface area contributed by atoms with Crippen LogP contribution in [0, 0.1) is 13.8 Å². The average molecular weight is 518 g/mol. The Morgan fingerprint density at radius 2 is 1.62 bits per heavy atom. The highest BCUT2D eigenvalue weighted by Gasteiger charge is 2.22. The molecule has 4 aromatic rings. The Labute approximate surface area is 216 Å². The predicted octanol–water partition coefficient (Wildman–Crippen LogP) is 4.56. The molecule has 0 aliphatic carbocycles. The van der Waals surface area contributed by atoms with Gasteiger partial charge in [-0.3, -0.25) is 4.79 Å². The minimum absolute atomic E-state index is 0.0442. The number of pyridine rings is 1. The predicted molar refractivity (Wildman–Crippen MR) is 143 cm³/mol. The van der Waals surface area contributed by atoms with Crippen LogP contribution in [0.25, 0.3) is 22.2 Å². The summed E-state index contributed by atoms with van der Waals surface area (Å²) in [5, 5.41) is 3.27. The maximum absolute atomic E-state index is 13.2. The van der Waals surface area contributed by atoms with Crippen LogP contribution in [0.5, 0.6) is 0 Å². The molecule has 1 aromatic heterocycles. The third-order valence-electron chi connectivity index (χ3n) is 5.98. The molecule has 1 N–H and O–H groups in total. The quantitative estimate of drug-likeness (QED) is 0.360. The van der Waals surface area contributed by atoms with E-state index in [0.717, 1.165) is 9.87 Å². The molecule has 0 saturated carbocycles. The number of carbonyl (C=O) groups is 2. The number of nitrogens with zero attached hydrogens (tertiary/aromatic N) is 2. The molecule has 0 aliphatic rings. The maximum Gasteiger partial charge on any atom is 0.339 e. The van der Waals surface area contributed by atoms with Gasteiger partial charge in [0.05, 0.1) is 21.7 Å². The van der Waals surface area contributed by atoms with E-state index < -0.39 is 28.5 Å². The Hall–Kier alpha value is -4.08. The summed E-state index contributed by atoms with van der Waals surface area (Å²) in [7, 11) is -0.813. The number of ether oxygens (including phenoxy) is 1. The minimum atomic E-state index is -3.68. The highest BCUT2D eigenvalue weighted by atomic mass is 32.2. The van der Waals surface area contributed by atoms with Crippen LogP contribution in [0.15, 0.2) is 77.7 Å². The Balaban J connectivity index is 1.58. The van der Waals surface area contributed by atoms with E-state index in [1.54, 1.807) is 26.0 Å². The van der Waals surface area contributed by atoms with E-state index >= 15 is 0 Å². The number of hydrogen-bond acceptors (Lipinski definition) is 6. The molecule has 0 fully saturated rings. The van der Waals surface area contributed by atoms with Crippen LogP contribution in [0.3, 0.4) is 0 Å². The molecule has 0 aliphatic heterocycles. The van der Waals surface area contributed by atoms with Crippen molar-refractivity contribution in [2.45, 2.75) is 18.7 Å². The lowest BCUT2D eigenvalue weighted by Crippen LogP contribution is -2.24. The van der Waals surface area contributed by atoms with E-state index in [1.807, 2.05) is 48.5 Å². The third-order valence-corrected chi connectivity index (χ3v) is 7.79. The van der Waals surface area contributed by atoms with E-state index in [2.05, 4.69) is 5.32 Å². The fourth-order valence-electron chi connectivity index (χ4n) is 3.94. The summed E-state index contributed by atoms with van der Waals surface area (Å²) in [5.41, 5.74) is 4.13. The second-order valence-electron chi connectivity index (χ2n) is 8.73. The molecule has 9 heteroatoms. The van der Waals surface area contributed by atoms with E-state index in [1.165, 1.54) is 26.2 Å². The van der Waals surface area contributed by atoms with Crippen LogP contribution >= 0.6 is 0 Å². The highest BCUT2D eigenvalue weighted by molar-refractivity contribution is 7.89. The minimum Gasteiger partial charge on any atom is -0.452 e. The monoisotopic (exact) mass is 517 g/mol. The molecule has 1 heterocycles. The lowest BCUT2D eigenvalue weighted by molar-refractivity contribution is -0.119. The van der Waals surface area contributed by atoms with Crippen molar-refractivity contribution in [2.75, 3.05) is 26.0 Å². The van der Waals surface area contributed by atoms with Crippen molar-refractivity contribution in [1.29, 1.82) is 0 Å². The number of anilines is 1. The van der Waals surface area contributed by atoms with Crippen molar-refractivity contribution in [1.82, 2.24) is 9.29 Å². The topological polar surface area (TPSA) is 106 Å². The number of amides is 1. The molecule has 190 valence electrons. The maximum atomic E-state index is 13.2. The van der Waals surface area contributed by atoms with Gasteiger partial charge in [0.25, 0.3) is 5.91 Å². The van der Waals surface area contributed by atoms with Gasteiger partial charge in [-0.25, -0.2) is 22.5 Å². The van der Waals surface area contributed by atoms with Gasteiger partial charge in [0.2, 0.25) is 10.0 Å². The number of sulfonamides is 1. The van der Waals surface area contributed by atoms with Gasteiger partial charge >= 0.3 is 5.97 Å². The van der Waals surface area contributed by atoms with Crippen molar-refractivity contribution in [3.8, 4) is 11.3 Å². The number of carbonyl (C=O) groups excluding carboxylic acids is 2. The molecule has 8 nitrogen and oxygen atoms in total. The van der Waals surface area contributed by atoms with Crippen LogP contribution in [0.2, 0.25) is 0 Å². The number of aromatic nitrogens is 1. The molecule has 0 radical (unpaired) electrons. The Morgan fingerprint density at radius 1 is 0.946 bits per heavy atom. The number of aryl methyl sites for hydroxylation is 1. The first-order chi connectivity index (χ1) is 17.6. The normalized spacial score (nSPS) is 11.5. The SMILES string of the molecule is Cc1ccc(S(=O)(=O)N(C)C)cc1NC(=O)COC(=O)c1c(C)c(-c2ccccc2)nc2ccccc12. The number of esters is 1. The van der Waals surface area contributed by atoms with Crippen LogP contribution < -0.4 is 5.32 Å². The second kappa shape index (κ2) is 10.5. The van der Waals surface area contributed by atoms with Crippen molar-refractivity contribution in [2.24, 2.45) is 0 Å². The number of fused-ring (bicyclic) bond motifs is 1. The number of nitrogens with one attached hydrogen (secondary N) is 1. The molecule has 37 heavy (non-hydrogen) atoms. The van der Waals surface area contributed by atoms with Crippen LogP contribution in [-0.2, 0) is 19.6 Å². The Bertz CT molecular complexity index is 1600. The molecule has 4 rings (SSSR count). The molecular formula is C28H27N3O5S. The summed E-state index contributed by atoms with van der Waals surface area (Å²) in [6, 6.07) is 21.3. The summed E-state index contributed by atoms with van der Waals surface area (Å²) in [6.07, 6.45) is 0. The van der Waals surface area contributed by atoms with Crippen LogP contribution in [-0.4, -0.2) is 50.3 Å².